The predicted octanol–water partition coefficient (Wildman–Crippen LogP) is 4.77. The van der Waals surface area contributed by atoms with Crippen molar-refractivity contribution in [3.63, 3.8) is 0 Å². The second-order valence-electron chi connectivity index (χ2n) is 9.20. The molecule has 1 aliphatic rings. The molecule has 0 spiro atoms. The van der Waals surface area contributed by atoms with Gasteiger partial charge in [-0.1, -0.05) is 48.0 Å². The summed E-state index contributed by atoms with van der Waals surface area (Å²) in [5.41, 5.74) is 4.01. The van der Waals surface area contributed by atoms with Crippen molar-refractivity contribution in [2.24, 2.45) is 0 Å². The molecule has 0 radical (unpaired) electrons. The Hall–Kier alpha value is -3.15. The van der Waals surface area contributed by atoms with E-state index < -0.39 is 10.8 Å². The lowest BCUT2D eigenvalue weighted by Crippen LogP contribution is -2.31. The Morgan fingerprint density at radius 3 is 2.43 bits per heavy atom. The molecule has 0 bridgehead atoms. The number of fused-ring (bicyclic) bond motifs is 1. The Bertz CT molecular complexity index is 1400. The minimum absolute atomic E-state index is 0. The van der Waals surface area contributed by atoms with Crippen molar-refractivity contribution in [1.29, 1.82) is 0 Å². The fraction of sp³-hybridized carbons (Fsp3) is 0.385. The Labute approximate surface area is 222 Å². The summed E-state index contributed by atoms with van der Waals surface area (Å²) < 4.78 is 23.2. The van der Waals surface area contributed by atoms with E-state index in [4.69, 9.17) is 14.2 Å². The number of benzene rings is 1. The zero-order valence-corrected chi connectivity index (χ0v) is 22.9. The number of hydrogen-bond acceptors (Lipinski definition) is 9. The maximum atomic E-state index is 11.6. The molecule has 11 heteroatoms. The second kappa shape index (κ2) is 11.5. The summed E-state index contributed by atoms with van der Waals surface area (Å²) in [6, 6.07) is 12.2. The molecular weight excluding hydrogens is 510 g/mol. The maximum Gasteiger partial charge on any atom is 0.324 e. The molecule has 0 aliphatic carbocycles. The van der Waals surface area contributed by atoms with Crippen LogP contribution in [0.5, 0.6) is 5.19 Å². The van der Waals surface area contributed by atoms with Gasteiger partial charge in [0.05, 0.1) is 5.69 Å². The van der Waals surface area contributed by atoms with Crippen LogP contribution in [0.2, 0.25) is 0 Å². The molecule has 2 atom stereocenters. The number of rotatable bonds is 7. The lowest BCUT2D eigenvalue weighted by molar-refractivity contribution is 0.267. The number of anilines is 1. The van der Waals surface area contributed by atoms with Crippen LogP contribution in [0, 0.1) is 0 Å². The maximum absolute atomic E-state index is 11.6. The van der Waals surface area contributed by atoms with Gasteiger partial charge in [-0.25, -0.2) is 9.97 Å². The first-order valence-corrected chi connectivity index (χ1v) is 14.4. The lowest BCUT2D eigenvalue weighted by atomic mass is 10.0. The van der Waals surface area contributed by atoms with Crippen molar-refractivity contribution in [1.82, 2.24) is 20.1 Å². The van der Waals surface area contributed by atoms with Gasteiger partial charge in [0.2, 0.25) is 0 Å². The highest BCUT2D eigenvalue weighted by atomic mass is 32.2. The van der Waals surface area contributed by atoms with Crippen LogP contribution >= 0.6 is 11.3 Å². The minimum atomic E-state index is -0.994. The van der Waals surface area contributed by atoms with Crippen LogP contribution in [0.15, 0.2) is 57.5 Å². The molecule has 1 fully saturated rings. The van der Waals surface area contributed by atoms with E-state index in [9.17, 15) is 4.21 Å². The molecule has 3 aromatic heterocycles. The average molecular weight is 542 g/mol. The largest absolute Gasteiger partial charge is 0.463 e. The highest BCUT2D eigenvalue weighted by Gasteiger charge is 2.21. The Balaban J connectivity index is 0.00000320. The number of thiazole rings is 1. The SMILES string of the molecule is CC(C=C1CCN(c2nc(C(C)C)no2)CC1)Oc1nc2ccc(-c3ccc(S(C)=O)cc3)nc2s1.O. The Kier molecular flexibility index (Phi) is 8.35. The number of ether oxygens (including phenoxy) is 1. The molecule has 9 nitrogen and oxygen atoms in total. The lowest BCUT2D eigenvalue weighted by Gasteiger charge is -2.27. The van der Waals surface area contributed by atoms with Gasteiger partial charge in [0.25, 0.3) is 5.19 Å². The van der Waals surface area contributed by atoms with Crippen LogP contribution in [0.25, 0.3) is 21.6 Å². The average Bonchev–Trinajstić information content (AvgIpc) is 3.51. The molecule has 4 aromatic rings. The molecule has 1 aliphatic heterocycles. The molecule has 2 unspecified atom stereocenters. The van der Waals surface area contributed by atoms with Gasteiger partial charge in [-0.3, -0.25) is 4.21 Å². The van der Waals surface area contributed by atoms with Gasteiger partial charge in [-0.05, 0) is 50.1 Å². The topological polar surface area (TPSA) is 126 Å². The number of pyridine rings is 1. The van der Waals surface area contributed by atoms with E-state index in [2.05, 4.69) is 39.9 Å². The van der Waals surface area contributed by atoms with Gasteiger partial charge in [-0.15, -0.1) is 0 Å². The normalized spacial score (nSPS) is 15.5. The number of hydrogen-bond donors (Lipinski definition) is 0. The summed E-state index contributed by atoms with van der Waals surface area (Å²) in [6.45, 7) is 7.85. The Morgan fingerprint density at radius 1 is 1.05 bits per heavy atom. The quantitative estimate of drug-likeness (QED) is 0.306. The van der Waals surface area contributed by atoms with E-state index in [1.54, 1.807) is 6.26 Å². The van der Waals surface area contributed by atoms with E-state index in [-0.39, 0.29) is 17.5 Å². The fourth-order valence-corrected chi connectivity index (χ4v) is 5.48. The van der Waals surface area contributed by atoms with E-state index in [1.165, 1.54) is 16.9 Å². The van der Waals surface area contributed by atoms with Gasteiger partial charge in [0, 0.05) is 46.5 Å². The summed E-state index contributed by atoms with van der Waals surface area (Å²) >= 11 is 1.45. The molecule has 196 valence electrons. The summed E-state index contributed by atoms with van der Waals surface area (Å²) in [6.07, 6.45) is 5.64. The van der Waals surface area contributed by atoms with Crippen molar-refractivity contribution in [2.45, 2.75) is 50.5 Å². The third kappa shape index (κ3) is 6.23. The second-order valence-corrected chi connectivity index (χ2v) is 11.5. The highest BCUT2D eigenvalue weighted by molar-refractivity contribution is 7.84. The minimum Gasteiger partial charge on any atom is -0.463 e. The van der Waals surface area contributed by atoms with E-state index in [0.29, 0.717) is 11.2 Å². The summed E-state index contributed by atoms with van der Waals surface area (Å²) in [5.74, 6) is 1.00. The third-order valence-corrected chi connectivity index (χ3v) is 7.89. The molecule has 5 rings (SSSR count). The van der Waals surface area contributed by atoms with E-state index in [1.807, 2.05) is 43.3 Å². The summed E-state index contributed by atoms with van der Waals surface area (Å²) in [5, 5.41) is 4.68. The van der Waals surface area contributed by atoms with Crippen molar-refractivity contribution in [3.8, 4) is 16.5 Å². The molecule has 0 amide bonds. The van der Waals surface area contributed by atoms with Crippen LogP contribution in [-0.2, 0) is 10.8 Å². The fourth-order valence-electron chi connectivity index (χ4n) is 4.09. The number of nitrogens with zero attached hydrogens (tertiary/aromatic N) is 5. The van der Waals surface area contributed by atoms with Crippen molar-refractivity contribution < 1.29 is 18.9 Å². The molecule has 1 saturated heterocycles. The number of piperidine rings is 1. The zero-order valence-electron chi connectivity index (χ0n) is 21.3. The van der Waals surface area contributed by atoms with Crippen molar-refractivity contribution in [2.75, 3.05) is 24.2 Å². The third-order valence-electron chi connectivity index (χ3n) is 6.10. The predicted molar refractivity (Wildman–Crippen MR) is 147 cm³/mol. The summed E-state index contributed by atoms with van der Waals surface area (Å²) in [7, 11) is -0.994. The first-order valence-electron chi connectivity index (χ1n) is 12.0. The van der Waals surface area contributed by atoms with Gasteiger partial charge in [-0.2, -0.15) is 4.98 Å². The number of aromatic nitrogens is 4. The first-order chi connectivity index (χ1) is 17.4. The van der Waals surface area contributed by atoms with Gasteiger partial charge in [0.15, 0.2) is 5.82 Å². The van der Waals surface area contributed by atoms with Crippen molar-refractivity contribution in [3.05, 3.63) is 53.9 Å². The standard InChI is InChI=1S/C26H29N5O3S2.H2O/c1-16(2)23-29-25(34-30-23)31-13-11-18(12-14-31)15-17(3)33-26-28-22-10-9-21(27-24(22)35-26)19-5-7-20(8-6-19)36(4)32;/h5-10,15-17H,11-14H2,1-4H3;1H2. The van der Waals surface area contributed by atoms with Crippen molar-refractivity contribution >= 4 is 38.5 Å². The molecule has 0 saturated carbocycles. The molecule has 4 heterocycles. The molecular formula is C26H31N5O4S2. The van der Waals surface area contributed by atoms with Crippen LogP contribution < -0.4 is 9.64 Å². The van der Waals surface area contributed by atoms with Crippen LogP contribution in [0.1, 0.15) is 45.4 Å². The van der Waals surface area contributed by atoms with Crippen LogP contribution in [-0.4, -0.2) is 55.2 Å². The van der Waals surface area contributed by atoms with Gasteiger partial charge >= 0.3 is 6.01 Å². The zero-order chi connectivity index (χ0) is 25.2. The van der Waals surface area contributed by atoms with E-state index >= 15 is 0 Å². The molecule has 1 aromatic carbocycles. The van der Waals surface area contributed by atoms with Gasteiger partial charge < -0.3 is 19.6 Å². The smallest absolute Gasteiger partial charge is 0.324 e. The highest BCUT2D eigenvalue weighted by Crippen LogP contribution is 2.30. The van der Waals surface area contributed by atoms with Gasteiger partial charge in [0.1, 0.15) is 16.5 Å². The first kappa shape index (κ1) is 26.9. The summed E-state index contributed by atoms with van der Waals surface area (Å²) in [4.78, 5) is 17.7. The van der Waals surface area contributed by atoms with Crippen LogP contribution in [0.3, 0.4) is 0 Å². The Morgan fingerprint density at radius 2 is 1.78 bits per heavy atom. The van der Waals surface area contributed by atoms with E-state index in [0.717, 1.165) is 58.3 Å². The molecule has 37 heavy (non-hydrogen) atoms. The van der Waals surface area contributed by atoms with Crippen LogP contribution in [0.4, 0.5) is 6.01 Å². The molecule has 2 N–H and O–H groups in total. The monoisotopic (exact) mass is 541 g/mol.